The van der Waals surface area contributed by atoms with Gasteiger partial charge in [-0.05, 0) is 44.4 Å². The summed E-state index contributed by atoms with van der Waals surface area (Å²) >= 11 is 0. The average Bonchev–Trinajstić information content (AvgIpc) is 2.65. The number of rotatable bonds is 10. The Bertz CT molecular complexity index is 869. The molecule has 0 aliphatic heterocycles. The Hall–Kier alpha value is -2.54. The van der Waals surface area contributed by atoms with Crippen molar-refractivity contribution in [1.82, 2.24) is 5.32 Å². The average molecular weight is 405 g/mol. The Balaban J connectivity index is 2.03. The molecule has 0 aliphatic rings. The maximum absolute atomic E-state index is 12.5. The van der Waals surface area contributed by atoms with Crippen LogP contribution in [0.4, 0.5) is 5.69 Å². The molecule has 2 aromatic carbocycles. The van der Waals surface area contributed by atoms with Crippen LogP contribution in [0.1, 0.15) is 25.8 Å². The Morgan fingerprint density at radius 1 is 1.11 bits per heavy atom. The van der Waals surface area contributed by atoms with E-state index in [2.05, 4.69) is 5.32 Å². The Kier molecular flexibility index (Phi) is 7.87. The van der Waals surface area contributed by atoms with Gasteiger partial charge in [-0.15, -0.1) is 0 Å². The number of nitrogens with one attached hydrogen (secondary N) is 1. The van der Waals surface area contributed by atoms with Gasteiger partial charge in [0.2, 0.25) is 15.9 Å². The second-order valence-corrected chi connectivity index (χ2v) is 8.57. The van der Waals surface area contributed by atoms with Gasteiger partial charge in [-0.2, -0.15) is 0 Å². The predicted octanol–water partition coefficient (Wildman–Crippen LogP) is 2.99. The van der Waals surface area contributed by atoms with Crippen molar-refractivity contribution in [3.63, 3.8) is 0 Å². The topological polar surface area (TPSA) is 75.7 Å². The van der Waals surface area contributed by atoms with E-state index in [1.54, 1.807) is 24.3 Å². The van der Waals surface area contributed by atoms with E-state index in [0.29, 0.717) is 18.0 Å². The second kappa shape index (κ2) is 10.1. The molecule has 28 heavy (non-hydrogen) atoms. The van der Waals surface area contributed by atoms with Crippen molar-refractivity contribution in [3.8, 4) is 5.75 Å². The number of hydrogen-bond donors (Lipinski definition) is 1. The number of anilines is 1. The molecule has 0 bridgehead atoms. The third-order valence-electron chi connectivity index (χ3n) is 4.24. The van der Waals surface area contributed by atoms with E-state index in [1.807, 2.05) is 44.2 Å². The van der Waals surface area contributed by atoms with E-state index in [4.69, 9.17) is 4.74 Å². The van der Waals surface area contributed by atoms with Gasteiger partial charge in [-0.1, -0.05) is 42.5 Å². The van der Waals surface area contributed by atoms with E-state index < -0.39 is 10.0 Å². The van der Waals surface area contributed by atoms with Gasteiger partial charge in [0, 0.05) is 6.04 Å². The van der Waals surface area contributed by atoms with Crippen molar-refractivity contribution >= 4 is 21.6 Å². The first-order valence-corrected chi connectivity index (χ1v) is 11.2. The van der Waals surface area contributed by atoms with Crippen LogP contribution in [-0.4, -0.2) is 39.8 Å². The Morgan fingerprint density at radius 3 is 2.39 bits per heavy atom. The smallest absolute Gasteiger partial charge is 0.240 e. The van der Waals surface area contributed by atoms with E-state index >= 15 is 0 Å². The molecule has 0 radical (unpaired) electrons. The largest absolute Gasteiger partial charge is 0.492 e. The molecule has 0 saturated heterocycles. The van der Waals surface area contributed by atoms with Crippen LogP contribution in [-0.2, 0) is 21.2 Å². The summed E-state index contributed by atoms with van der Waals surface area (Å²) < 4.78 is 31.2. The minimum Gasteiger partial charge on any atom is -0.492 e. The van der Waals surface area contributed by atoms with Crippen molar-refractivity contribution in [2.45, 2.75) is 32.7 Å². The molecule has 0 saturated carbocycles. The fourth-order valence-electron chi connectivity index (χ4n) is 2.87. The van der Waals surface area contributed by atoms with Gasteiger partial charge in [0.1, 0.15) is 12.3 Å². The first kappa shape index (κ1) is 21.8. The quantitative estimate of drug-likeness (QED) is 0.661. The summed E-state index contributed by atoms with van der Waals surface area (Å²) in [5.41, 5.74) is 1.56. The highest BCUT2D eigenvalue weighted by Crippen LogP contribution is 2.29. The predicted molar refractivity (Wildman–Crippen MR) is 112 cm³/mol. The molecule has 7 heteroatoms. The lowest BCUT2D eigenvalue weighted by Gasteiger charge is -2.25. The minimum atomic E-state index is -3.65. The number of carbonyl (C=O) groups excluding carboxylic acids is 1. The lowest BCUT2D eigenvalue weighted by atomic mass is 10.1. The normalized spacial score (nSPS) is 12.2. The SMILES string of the molecule is CCOc1ccccc1N(CC(=O)N[C@@H](C)CCc1ccccc1)S(C)(=O)=O. The highest BCUT2D eigenvalue weighted by molar-refractivity contribution is 7.92. The Morgan fingerprint density at radius 2 is 1.75 bits per heavy atom. The maximum Gasteiger partial charge on any atom is 0.240 e. The third-order valence-corrected chi connectivity index (χ3v) is 5.36. The highest BCUT2D eigenvalue weighted by Gasteiger charge is 2.24. The molecule has 0 heterocycles. The molecular formula is C21H28N2O4S. The van der Waals surface area contributed by atoms with Crippen LogP contribution in [0.5, 0.6) is 5.75 Å². The number of hydrogen-bond acceptors (Lipinski definition) is 4. The van der Waals surface area contributed by atoms with Crippen LogP contribution >= 0.6 is 0 Å². The number of para-hydroxylation sites is 2. The van der Waals surface area contributed by atoms with Crippen LogP contribution in [0.25, 0.3) is 0 Å². The molecule has 0 aromatic heterocycles. The van der Waals surface area contributed by atoms with Gasteiger partial charge >= 0.3 is 0 Å². The van der Waals surface area contributed by atoms with Gasteiger partial charge in [-0.25, -0.2) is 8.42 Å². The van der Waals surface area contributed by atoms with Gasteiger partial charge in [0.05, 0.1) is 18.6 Å². The molecule has 0 fully saturated rings. The zero-order chi connectivity index (χ0) is 20.6. The fraction of sp³-hybridized carbons (Fsp3) is 0.381. The molecule has 2 aromatic rings. The number of nitrogens with zero attached hydrogens (tertiary/aromatic N) is 1. The number of sulfonamides is 1. The van der Waals surface area contributed by atoms with Gasteiger partial charge in [0.25, 0.3) is 0 Å². The molecule has 1 atom stereocenters. The molecule has 1 amide bonds. The molecule has 0 unspecified atom stereocenters. The Labute approximate surface area is 167 Å². The summed E-state index contributed by atoms with van der Waals surface area (Å²) in [6.45, 7) is 3.85. The van der Waals surface area contributed by atoms with E-state index in [9.17, 15) is 13.2 Å². The molecular weight excluding hydrogens is 376 g/mol. The van der Waals surface area contributed by atoms with Gasteiger partial charge in [-0.3, -0.25) is 9.10 Å². The summed E-state index contributed by atoms with van der Waals surface area (Å²) in [6.07, 6.45) is 2.69. The minimum absolute atomic E-state index is 0.0729. The third kappa shape index (κ3) is 6.56. The second-order valence-electron chi connectivity index (χ2n) is 6.66. The molecule has 152 valence electrons. The van der Waals surface area contributed by atoms with Crippen LogP contribution < -0.4 is 14.4 Å². The summed E-state index contributed by atoms with van der Waals surface area (Å²) in [5, 5.41) is 2.89. The number of aryl methyl sites for hydroxylation is 1. The molecule has 6 nitrogen and oxygen atoms in total. The molecule has 2 rings (SSSR count). The van der Waals surface area contributed by atoms with E-state index in [-0.39, 0.29) is 18.5 Å². The monoisotopic (exact) mass is 404 g/mol. The highest BCUT2D eigenvalue weighted by atomic mass is 32.2. The zero-order valence-electron chi connectivity index (χ0n) is 16.6. The first-order valence-electron chi connectivity index (χ1n) is 9.34. The van der Waals surface area contributed by atoms with E-state index in [0.717, 1.165) is 23.4 Å². The van der Waals surface area contributed by atoms with Crippen molar-refractivity contribution in [2.24, 2.45) is 0 Å². The molecule has 1 N–H and O–H groups in total. The van der Waals surface area contributed by atoms with Crippen molar-refractivity contribution in [2.75, 3.05) is 23.7 Å². The number of carbonyl (C=O) groups is 1. The standard InChI is InChI=1S/C21H28N2O4S/c1-4-27-20-13-9-8-12-19(20)23(28(3,25)26)16-21(24)22-17(2)14-15-18-10-6-5-7-11-18/h5-13,17H,4,14-16H2,1-3H3,(H,22,24)/t17-/m0/s1. The fourth-order valence-corrected chi connectivity index (χ4v) is 3.73. The van der Waals surface area contributed by atoms with Crippen LogP contribution in [0.15, 0.2) is 54.6 Å². The van der Waals surface area contributed by atoms with E-state index in [1.165, 1.54) is 5.56 Å². The zero-order valence-corrected chi connectivity index (χ0v) is 17.4. The van der Waals surface area contributed by atoms with Gasteiger partial charge in [0.15, 0.2) is 0 Å². The summed E-state index contributed by atoms with van der Waals surface area (Å²) in [5.74, 6) is 0.0811. The van der Waals surface area contributed by atoms with Crippen molar-refractivity contribution in [3.05, 3.63) is 60.2 Å². The van der Waals surface area contributed by atoms with Crippen molar-refractivity contribution < 1.29 is 17.9 Å². The maximum atomic E-state index is 12.5. The number of amides is 1. The molecule has 0 spiro atoms. The van der Waals surface area contributed by atoms with Gasteiger partial charge < -0.3 is 10.1 Å². The van der Waals surface area contributed by atoms with Crippen LogP contribution in [0, 0.1) is 0 Å². The number of ether oxygens (including phenoxy) is 1. The first-order chi connectivity index (χ1) is 13.3. The van der Waals surface area contributed by atoms with Crippen LogP contribution in [0.2, 0.25) is 0 Å². The molecule has 0 aliphatic carbocycles. The lowest BCUT2D eigenvalue weighted by molar-refractivity contribution is -0.120. The summed E-state index contributed by atoms with van der Waals surface area (Å²) in [7, 11) is -3.65. The summed E-state index contributed by atoms with van der Waals surface area (Å²) in [6, 6.07) is 16.8. The lowest BCUT2D eigenvalue weighted by Crippen LogP contribution is -2.43. The van der Waals surface area contributed by atoms with Crippen LogP contribution in [0.3, 0.4) is 0 Å². The van der Waals surface area contributed by atoms with Crippen molar-refractivity contribution in [1.29, 1.82) is 0 Å². The number of benzene rings is 2. The summed E-state index contributed by atoms with van der Waals surface area (Å²) in [4.78, 5) is 12.5.